The lowest BCUT2D eigenvalue weighted by Crippen LogP contribution is -2.40. The molecule has 2 amide bonds. The minimum absolute atomic E-state index is 0.0511. The van der Waals surface area contributed by atoms with Crippen LogP contribution in [0.1, 0.15) is 19.4 Å². The molecule has 0 radical (unpaired) electrons. The van der Waals surface area contributed by atoms with E-state index in [2.05, 4.69) is 5.32 Å². The summed E-state index contributed by atoms with van der Waals surface area (Å²) < 4.78 is 0. The van der Waals surface area contributed by atoms with Crippen molar-refractivity contribution >= 4 is 17.5 Å². The largest absolute Gasteiger partial charge is 0.399 e. The van der Waals surface area contributed by atoms with Crippen molar-refractivity contribution in [1.82, 2.24) is 10.2 Å². The Morgan fingerprint density at radius 1 is 1.16 bits per heavy atom. The highest BCUT2D eigenvalue weighted by Gasteiger charge is 2.11. The molecule has 0 aromatic heterocycles. The summed E-state index contributed by atoms with van der Waals surface area (Å²) in [5.74, 6) is -0.221. The van der Waals surface area contributed by atoms with Gasteiger partial charge in [-0.2, -0.15) is 0 Å². The summed E-state index contributed by atoms with van der Waals surface area (Å²) >= 11 is 0. The van der Waals surface area contributed by atoms with Gasteiger partial charge in [-0.05, 0) is 31.5 Å². The lowest BCUT2D eigenvalue weighted by Gasteiger charge is -2.18. The summed E-state index contributed by atoms with van der Waals surface area (Å²) in [5.41, 5.74) is 7.11. The first kappa shape index (κ1) is 15.0. The van der Waals surface area contributed by atoms with Gasteiger partial charge >= 0.3 is 0 Å². The molecule has 3 N–H and O–H groups in total. The van der Waals surface area contributed by atoms with Gasteiger partial charge in [0.05, 0.1) is 13.0 Å². The van der Waals surface area contributed by atoms with Crippen molar-refractivity contribution in [3.8, 4) is 0 Å². The number of carbonyl (C=O) groups is 2. The maximum absolute atomic E-state index is 11.7. The third-order valence-corrected chi connectivity index (χ3v) is 2.90. The van der Waals surface area contributed by atoms with Crippen molar-refractivity contribution < 1.29 is 9.59 Å². The summed E-state index contributed by atoms with van der Waals surface area (Å²) in [5, 5.41) is 2.63. The van der Waals surface area contributed by atoms with Gasteiger partial charge in [-0.3, -0.25) is 9.59 Å². The highest BCUT2D eigenvalue weighted by atomic mass is 16.2. The molecule has 0 spiro atoms. The number of carbonyl (C=O) groups excluding carboxylic acids is 2. The predicted molar refractivity (Wildman–Crippen MR) is 75.5 cm³/mol. The second-order valence-electron chi connectivity index (χ2n) is 4.26. The highest BCUT2D eigenvalue weighted by Crippen LogP contribution is 2.05. The number of amides is 2. The summed E-state index contributed by atoms with van der Waals surface area (Å²) in [7, 11) is 0. The van der Waals surface area contributed by atoms with Gasteiger partial charge < -0.3 is 16.0 Å². The number of nitrogens with zero attached hydrogens (tertiary/aromatic N) is 1. The molecule has 0 saturated heterocycles. The molecule has 0 atom stereocenters. The standard InChI is InChI=1S/C14H21N3O2/c1-3-17(4-2)14(19)10-16-13(18)9-11-5-7-12(15)8-6-11/h5-8H,3-4,9-10,15H2,1-2H3,(H,16,18). The highest BCUT2D eigenvalue weighted by molar-refractivity contribution is 5.85. The maximum atomic E-state index is 11.7. The Bertz CT molecular complexity index is 425. The van der Waals surface area contributed by atoms with E-state index in [-0.39, 0.29) is 24.8 Å². The Balaban J connectivity index is 2.39. The molecule has 19 heavy (non-hydrogen) atoms. The Morgan fingerprint density at radius 2 is 1.74 bits per heavy atom. The van der Waals surface area contributed by atoms with Crippen LogP contribution in [0.2, 0.25) is 0 Å². The summed E-state index contributed by atoms with van der Waals surface area (Å²) in [6, 6.07) is 7.12. The summed E-state index contributed by atoms with van der Waals surface area (Å²) in [6.45, 7) is 5.19. The number of anilines is 1. The van der Waals surface area contributed by atoms with Crippen LogP contribution in [0.15, 0.2) is 24.3 Å². The summed E-state index contributed by atoms with van der Waals surface area (Å²) in [6.07, 6.45) is 0.256. The molecule has 104 valence electrons. The number of likely N-dealkylation sites (N-methyl/N-ethyl adjacent to an activating group) is 1. The first-order valence-electron chi connectivity index (χ1n) is 6.45. The van der Waals surface area contributed by atoms with Crippen LogP contribution in [0.4, 0.5) is 5.69 Å². The van der Waals surface area contributed by atoms with E-state index in [0.717, 1.165) is 5.56 Å². The molecule has 1 aromatic carbocycles. The van der Waals surface area contributed by atoms with Crippen LogP contribution in [0, 0.1) is 0 Å². The van der Waals surface area contributed by atoms with Crippen molar-refractivity contribution in [3.63, 3.8) is 0 Å². The molecular formula is C14H21N3O2. The maximum Gasteiger partial charge on any atom is 0.241 e. The van der Waals surface area contributed by atoms with Gasteiger partial charge in [-0.1, -0.05) is 12.1 Å². The van der Waals surface area contributed by atoms with E-state index >= 15 is 0 Å². The molecule has 0 bridgehead atoms. The SMILES string of the molecule is CCN(CC)C(=O)CNC(=O)Cc1ccc(N)cc1. The fourth-order valence-corrected chi connectivity index (χ4v) is 1.75. The first-order valence-corrected chi connectivity index (χ1v) is 6.45. The Hall–Kier alpha value is -2.04. The van der Waals surface area contributed by atoms with Gasteiger partial charge in [0.25, 0.3) is 0 Å². The third kappa shape index (κ3) is 4.99. The number of benzene rings is 1. The minimum Gasteiger partial charge on any atom is -0.399 e. The Kier molecular flexibility index (Phi) is 5.85. The van der Waals surface area contributed by atoms with Crippen LogP contribution in [0.3, 0.4) is 0 Å². The van der Waals surface area contributed by atoms with Gasteiger partial charge in [0, 0.05) is 18.8 Å². The van der Waals surface area contributed by atoms with Crippen molar-refractivity contribution in [2.24, 2.45) is 0 Å². The van der Waals surface area contributed by atoms with E-state index < -0.39 is 0 Å². The van der Waals surface area contributed by atoms with E-state index in [1.54, 1.807) is 29.2 Å². The number of nitrogens with one attached hydrogen (secondary N) is 1. The molecule has 0 fully saturated rings. The number of hydrogen-bond donors (Lipinski definition) is 2. The van der Waals surface area contributed by atoms with Crippen molar-refractivity contribution in [3.05, 3.63) is 29.8 Å². The molecule has 5 heteroatoms. The molecule has 0 aliphatic carbocycles. The van der Waals surface area contributed by atoms with Crippen LogP contribution in [0.5, 0.6) is 0 Å². The Labute approximate surface area is 113 Å². The molecule has 0 heterocycles. The second kappa shape index (κ2) is 7.41. The van der Waals surface area contributed by atoms with Gasteiger partial charge in [0.1, 0.15) is 0 Å². The lowest BCUT2D eigenvalue weighted by molar-refractivity contribution is -0.132. The van der Waals surface area contributed by atoms with E-state index in [4.69, 9.17) is 5.73 Å². The van der Waals surface area contributed by atoms with Gasteiger partial charge in [-0.15, -0.1) is 0 Å². The number of hydrogen-bond acceptors (Lipinski definition) is 3. The van der Waals surface area contributed by atoms with Crippen LogP contribution in [0.25, 0.3) is 0 Å². The van der Waals surface area contributed by atoms with E-state index in [1.807, 2.05) is 13.8 Å². The van der Waals surface area contributed by atoms with Gasteiger partial charge in [-0.25, -0.2) is 0 Å². The fraction of sp³-hybridized carbons (Fsp3) is 0.429. The van der Waals surface area contributed by atoms with E-state index in [1.165, 1.54) is 0 Å². The molecule has 0 aliphatic heterocycles. The Morgan fingerprint density at radius 3 is 2.26 bits per heavy atom. The van der Waals surface area contributed by atoms with Crippen molar-refractivity contribution in [2.45, 2.75) is 20.3 Å². The van der Waals surface area contributed by atoms with Crippen LogP contribution < -0.4 is 11.1 Å². The van der Waals surface area contributed by atoms with Crippen LogP contribution in [-0.2, 0) is 16.0 Å². The van der Waals surface area contributed by atoms with E-state index in [0.29, 0.717) is 18.8 Å². The van der Waals surface area contributed by atoms with Crippen molar-refractivity contribution in [1.29, 1.82) is 0 Å². The van der Waals surface area contributed by atoms with E-state index in [9.17, 15) is 9.59 Å². The fourth-order valence-electron chi connectivity index (χ4n) is 1.75. The first-order chi connectivity index (χ1) is 9.06. The summed E-state index contributed by atoms with van der Waals surface area (Å²) in [4.78, 5) is 25.1. The minimum atomic E-state index is -0.162. The molecule has 5 nitrogen and oxygen atoms in total. The van der Waals surface area contributed by atoms with Gasteiger partial charge in [0.2, 0.25) is 11.8 Å². The quantitative estimate of drug-likeness (QED) is 0.745. The molecule has 0 aliphatic rings. The molecule has 0 unspecified atom stereocenters. The number of nitrogen functional groups attached to an aromatic ring is 1. The van der Waals surface area contributed by atoms with Crippen LogP contribution >= 0.6 is 0 Å². The number of rotatable bonds is 6. The molecule has 1 rings (SSSR count). The molecular weight excluding hydrogens is 242 g/mol. The zero-order chi connectivity index (χ0) is 14.3. The third-order valence-electron chi connectivity index (χ3n) is 2.90. The van der Waals surface area contributed by atoms with Gasteiger partial charge in [0.15, 0.2) is 0 Å². The smallest absolute Gasteiger partial charge is 0.241 e. The average molecular weight is 263 g/mol. The zero-order valence-electron chi connectivity index (χ0n) is 11.5. The topological polar surface area (TPSA) is 75.4 Å². The number of nitrogens with two attached hydrogens (primary N) is 1. The molecule has 1 aromatic rings. The zero-order valence-corrected chi connectivity index (χ0v) is 11.5. The molecule has 0 saturated carbocycles. The van der Waals surface area contributed by atoms with Crippen LogP contribution in [-0.4, -0.2) is 36.3 Å². The second-order valence-corrected chi connectivity index (χ2v) is 4.26. The lowest BCUT2D eigenvalue weighted by atomic mass is 10.1. The van der Waals surface area contributed by atoms with Crippen molar-refractivity contribution in [2.75, 3.05) is 25.4 Å². The monoisotopic (exact) mass is 263 g/mol. The average Bonchev–Trinajstić information content (AvgIpc) is 2.40. The predicted octanol–water partition coefficient (Wildman–Crippen LogP) is 0.796. The normalized spacial score (nSPS) is 10.0.